The maximum Gasteiger partial charge on any atom is 0.238 e. The Hall–Kier alpha value is -1.14. The van der Waals surface area contributed by atoms with Crippen LogP contribution in [0.25, 0.3) is 0 Å². The van der Waals surface area contributed by atoms with Crippen molar-refractivity contribution in [3.05, 3.63) is 29.8 Å². The Morgan fingerprint density at radius 3 is 2.71 bits per heavy atom. The van der Waals surface area contributed by atoms with Crippen molar-refractivity contribution in [1.29, 1.82) is 0 Å². The molecule has 0 bridgehead atoms. The summed E-state index contributed by atoms with van der Waals surface area (Å²) in [5.74, 6) is -1.05. The number of nitrogens with two attached hydrogens (primary N) is 1. The third-order valence-electron chi connectivity index (χ3n) is 3.75. The third kappa shape index (κ3) is 3.74. The lowest BCUT2D eigenvalue weighted by molar-refractivity contribution is -0.124. The molecular weight excluding hydrogens is 294 g/mol. The summed E-state index contributed by atoms with van der Waals surface area (Å²) in [7, 11) is 0. The van der Waals surface area contributed by atoms with Crippen molar-refractivity contribution >= 4 is 17.7 Å². The molecule has 0 radical (unpaired) electrons. The summed E-state index contributed by atoms with van der Waals surface area (Å²) in [5, 5.41) is 3.25. The number of thioether (sulfide) groups is 1. The van der Waals surface area contributed by atoms with Gasteiger partial charge in [0.15, 0.2) is 0 Å². The maximum atomic E-state index is 13.7. The van der Waals surface area contributed by atoms with Crippen LogP contribution in [0.4, 0.5) is 8.78 Å². The van der Waals surface area contributed by atoms with Gasteiger partial charge in [-0.1, -0.05) is 6.92 Å². The number of primary amides is 1. The van der Waals surface area contributed by atoms with Gasteiger partial charge in [-0.25, -0.2) is 8.78 Å². The van der Waals surface area contributed by atoms with Crippen LogP contribution in [-0.4, -0.2) is 23.7 Å². The molecule has 0 saturated heterocycles. The second-order valence-electron chi connectivity index (χ2n) is 5.40. The molecule has 116 valence electrons. The van der Waals surface area contributed by atoms with Gasteiger partial charge in [-0.2, -0.15) is 0 Å². The first-order valence-electron chi connectivity index (χ1n) is 7.12. The highest BCUT2D eigenvalue weighted by Gasteiger charge is 2.49. The summed E-state index contributed by atoms with van der Waals surface area (Å²) in [4.78, 5) is 12.3. The van der Waals surface area contributed by atoms with Crippen LogP contribution in [0.1, 0.15) is 26.2 Å². The van der Waals surface area contributed by atoms with Crippen LogP contribution < -0.4 is 11.1 Å². The molecule has 1 atom stereocenters. The zero-order valence-electron chi connectivity index (χ0n) is 12.0. The highest BCUT2D eigenvalue weighted by Crippen LogP contribution is 2.42. The molecule has 1 amide bonds. The van der Waals surface area contributed by atoms with Gasteiger partial charge in [0, 0.05) is 16.7 Å². The van der Waals surface area contributed by atoms with E-state index in [9.17, 15) is 13.6 Å². The van der Waals surface area contributed by atoms with E-state index in [0.29, 0.717) is 17.2 Å². The summed E-state index contributed by atoms with van der Waals surface area (Å²) >= 11 is 1.20. The smallest absolute Gasteiger partial charge is 0.238 e. The van der Waals surface area contributed by atoms with Crippen LogP contribution in [0, 0.1) is 17.6 Å². The quantitative estimate of drug-likeness (QED) is 0.725. The van der Waals surface area contributed by atoms with Crippen LogP contribution in [-0.2, 0) is 4.79 Å². The molecule has 1 fully saturated rings. The molecule has 1 aromatic carbocycles. The molecular formula is C15H20F2N2OS. The SMILES string of the molecule is CCCNC(CSc1ccc(F)cc1F)(C(N)=O)C1CC1. The number of benzene rings is 1. The number of nitrogens with one attached hydrogen (secondary N) is 1. The highest BCUT2D eigenvalue weighted by molar-refractivity contribution is 7.99. The van der Waals surface area contributed by atoms with Crippen molar-refractivity contribution in [2.45, 2.75) is 36.6 Å². The molecule has 1 unspecified atom stereocenters. The van der Waals surface area contributed by atoms with Crippen LogP contribution in [0.5, 0.6) is 0 Å². The second kappa shape index (κ2) is 6.75. The van der Waals surface area contributed by atoms with Gasteiger partial charge in [0.05, 0.1) is 0 Å². The molecule has 0 heterocycles. The number of rotatable bonds is 8. The van der Waals surface area contributed by atoms with Crippen LogP contribution >= 0.6 is 11.8 Å². The molecule has 1 aliphatic carbocycles. The average Bonchev–Trinajstić information content (AvgIpc) is 3.25. The van der Waals surface area contributed by atoms with Gasteiger partial charge >= 0.3 is 0 Å². The first-order valence-corrected chi connectivity index (χ1v) is 8.11. The Morgan fingerprint density at radius 1 is 1.48 bits per heavy atom. The fraction of sp³-hybridized carbons (Fsp3) is 0.533. The molecule has 0 aliphatic heterocycles. The van der Waals surface area contributed by atoms with E-state index in [4.69, 9.17) is 5.73 Å². The zero-order valence-corrected chi connectivity index (χ0v) is 12.8. The lowest BCUT2D eigenvalue weighted by Crippen LogP contribution is -2.59. The topological polar surface area (TPSA) is 55.1 Å². The Morgan fingerprint density at radius 2 is 2.19 bits per heavy atom. The van der Waals surface area contributed by atoms with E-state index in [2.05, 4.69) is 5.32 Å². The number of carbonyl (C=O) groups excluding carboxylic acids is 1. The molecule has 3 nitrogen and oxygen atoms in total. The molecule has 6 heteroatoms. The number of amides is 1. The monoisotopic (exact) mass is 314 g/mol. The van der Waals surface area contributed by atoms with E-state index < -0.39 is 23.1 Å². The van der Waals surface area contributed by atoms with Gasteiger partial charge in [-0.3, -0.25) is 4.79 Å². The largest absolute Gasteiger partial charge is 0.368 e. The van der Waals surface area contributed by atoms with Gasteiger partial charge in [-0.05, 0) is 43.9 Å². The van der Waals surface area contributed by atoms with E-state index in [0.717, 1.165) is 25.3 Å². The van der Waals surface area contributed by atoms with Crippen molar-refractivity contribution < 1.29 is 13.6 Å². The van der Waals surface area contributed by atoms with Gasteiger partial charge < -0.3 is 11.1 Å². The molecule has 21 heavy (non-hydrogen) atoms. The van der Waals surface area contributed by atoms with Crippen LogP contribution in [0.2, 0.25) is 0 Å². The fourth-order valence-corrected chi connectivity index (χ4v) is 3.60. The van der Waals surface area contributed by atoms with E-state index in [1.54, 1.807) is 0 Å². The minimum atomic E-state index is -0.804. The van der Waals surface area contributed by atoms with Gasteiger partial charge in [0.2, 0.25) is 5.91 Å². The summed E-state index contributed by atoms with van der Waals surface area (Å²) in [6.07, 6.45) is 2.79. The predicted octanol–water partition coefficient (Wildman–Crippen LogP) is 2.69. The normalized spacial score (nSPS) is 17.5. The van der Waals surface area contributed by atoms with Crippen molar-refractivity contribution in [3.63, 3.8) is 0 Å². The van der Waals surface area contributed by atoms with Gasteiger partial charge in [0.25, 0.3) is 0 Å². The molecule has 1 aromatic rings. The number of halogens is 2. The Balaban J connectivity index is 2.13. The average molecular weight is 314 g/mol. The molecule has 0 spiro atoms. The van der Waals surface area contributed by atoms with Crippen LogP contribution in [0.15, 0.2) is 23.1 Å². The summed E-state index contributed by atoms with van der Waals surface area (Å²) in [6.45, 7) is 2.70. The summed E-state index contributed by atoms with van der Waals surface area (Å²) in [6, 6.07) is 3.46. The third-order valence-corrected chi connectivity index (χ3v) is 5.00. The fourth-order valence-electron chi connectivity index (χ4n) is 2.38. The van der Waals surface area contributed by atoms with Gasteiger partial charge in [0.1, 0.15) is 17.2 Å². The minimum absolute atomic E-state index is 0.206. The van der Waals surface area contributed by atoms with E-state index in [-0.39, 0.29) is 5.92 Å². The molecule has 1 aliphatic rings. The van der Waals surface area contributed by atoms with E-state index in [1.165, 1.54) is 23.9 Å². The first kappa shape index (κ1) is 16.2. The van der Waals surface area contributed by atoms with E-state index in [1.807, 2.05) is 6.92 Å². The summed E-state index contributed by atoms with van der Waals surface area (Å²) in [5.41, 5.74) is 4.81. The second-order valence-corrected chi connectivity index (χ2v) is 6.42. The molecule has 2 rings (SSSR count). The molecule has 3 N–H and O–H groups in total. The minimum Gasteiger partial charge on any atom is -0.368 e. The van der Waals surface area contributed by atoms with Crippen molar-refractivity contribution in [2.75, 3.05) is 12.3 Å². The Kier molecular flexibility index (Phi) is 5.22. The number of hydrogen-bond acceptors (Lipinski definition) is 3. The molecule has 0 aromatic heterocycles. The Labute approximate surface area is 127 Å². The first-order chi connectivity index (χ1) is 9.99. The highest BCUT2D eigenvalue weighted by atomic mass is 32.2. The zero-order chi connectivity index (χ0) is 15.5. The van der Waals surface area contributed by atoms with Gasteiger partial charge in [-0.15, -0.1) is 11.8 Å². The van der Waals surface area contributed by atoms with Crippen molar-refractivity contribution in [2.24, 2.45) is 11.7 Å². The standard InChI is InChI=1S/C15H20F2N2OS/c1-2-7-19-15(14(18)20,10-3-4-10)9-21-13-6-5-11(16)8-12(13)17/h5-6,8,10,19H,2-4,7,9H2,1H3,(H2,18,20). The Bertz CT molecular complexity index is 522. The van der Waals surface area contributed by atoms with Crippen molar-refractivity contribution in [1.82, 2.24) is 5.32 Å². The van der Waals surface area contributed by atoms with Crippen molar-refractivity contribution in [3.8, 4) is 0 Å². The summed E-state index contributed by atoms with van der Waals surface area (Å²) < 4.78 is 26.6. The lowest BCUT2D eigenvalue weighted by atomic mass is 9.94. The number of hydrogen-bond donors (Lipinski definition) is 2. The number of carbonyl (C=O) groups is 1. The van der Waals surface area contributed by atoms with E-state index >= 15 is 0 Å². The molecule has 1 saturated carbocycles. The predicted molar refractivity (Wildman–Crippen MR) is 80.0 cm³/mol. The maximum absolute atomic E-state index is 13.7. The van der Waals surface area contributed by atoms with Crippen LogP contribution in [0.3, 0.4) is 0 Å². The lowest BCUT2D eigenvalue weighted by Gasteiger charge is -2.31.